The highest BCUT2D eigenvalue weighted by molar-refractivity contribution is 5.68. The lowest BCUT2D eigenvalue weighted by Gasteiger charge is -1.99. The van der Waals surface area contributed by atoms with E-state index >= 15 is 0 Å². The van der Waals surface area contributed by atoms with E-state index in [0.29, 0.717) is 6.42 Å². The number of carbonyl (C=O) groups is 1. The SMILES string of the molecule is CCCCC/C=C/C/C=C/CCCCCCCC(=O)OO. The third-order valence-corrected chi connectivity index (χ3v) is 3.43. The van der Waals surface area contributed by atoms with E-state index in [1.165, 1.54) is 38.5 Å². The molecule has 21 heavy (non-hydrogen) atoms. The second-order valence-electron chi connectivity index (χ2n) is 5.44. The monoisotopic (exact) mass is 296 g/mol. The maximum absolute atomic E-state index is 10.7. The lowest BCUT2D eigenvalue weighted by Crippen LogP contribution is -1.99. The molecule has 0 atom stereocenters. The molecule has 0 aromatic rings. The van der Waals surface area contributed by atoms with Gasteiger partial charge in [-0.15, -0.1) is 0 Å². The van der Waals surface area contributed by atoms with Crippen LogP contribution in [0.25, 0.3) is 0 Å². The van der Waals surface area contributed by atoms with Gasteiger partial charge in [0.15, 0.2) is 0 Å². The second-order valence-corrected chi connectivity index (χ2v) is 5.44. The Kier molecular flexibility index (Phi) is 16.1. The van der Waals surface area contributed by atoms with Crippen molar-refractivity contribution in [2.75, 3.05) is 0 Å². The molecule has 0 saturated carbocycles. The lowest BCUT2D eigenvalue weighted by atomic mass is 10.1. The zero-order valence-electron chi connectivity index (χ0n) is 13.6. The molecular formula is C18H32O3. The van der Waals surface area contributed by atoms with Crippen LogP contribution in [0.2, 0.25) is 0 Å². The molecule has 0 aliphatic rings. The summed E-state index contributed by atoms with van der Waals surface area (Å²) in [6.07, 6.45) is 22.1. The van der Waals surface area contributed by atoms with E-state index in [-0.39, 0.29) is 0 Å². The molecule has 0 bridgehead atoms. The Balaban J connectivity index is 3.20. The van der Waals surface area contributed by atoms with Gasteiger partial charge in [-0.3, -0.25) is 0 Å². The predicted octanol–water partition coefficient (Wildman–Crippen LogP) is 5.82. The summed E-state index contributed by atoms with van der Waals surface area (Å²) in [6.45, 7) is 2.23. The molecule has 0 unspecified atom stereocenters. The van der Waals surface area contributed by atoms with E-state index in [9.17, 15) is 4.79 Å². The Morgan fingerprint density at radius 3 is 2.05 bits per heavy atom. The molecule has 0 aromatic carbocycles. The third-order valence-electron chi connectivity index (χ3n) is 3.43. The molecule has 0 saturated heterocycles. The van der Waals surface area contributed by atoms with Gasteiger partial charge in [-0.1, -0.05) is 63.3 Å². The molecule has 3 heteroatoms. The van der Waals surface area contributed by atoms with E-state index < -0.39 is 5.97 Å². The molecule has 0 aromatic heterocycles. The first-order chi connectivity index (χ1) is 10.3. The normalized spacial score (nSPS) is 11.5. The van der Waals surface area contributed by atoms with E-state index in [1.54, 1.807) is 0 Å². The maximum Gasteiger partial charge on any atom is 0.342 e. The van der Waals surface area contributed by atoms with Gasteiger partial charge in [0.2, 0.25) is 0 Å². The van der Waals surface area contributed by atoms with Crippen LogP contribution in [0, 0.1) is 0 Å². The quantitative estimate of drug-likeness (QED) is 0.190. The van der Waals surface area contributed by atoms with Gasteiger partial charge in [0.1, 0.15) is 0 Å². The molecule has 1 N–H and O–H groups in total. The van der Waals surface area contributed by atoms with Gasteiger partial charge in [-0.25, -0.2) is 4.79 Å². The molecule has 122 valence electrons. The van der Waals surface area contributed by atoms with Crippen LogP contribution in [0.3, 0.4) is 0 Å². The Morgan fingerprint density at radius 2 is 1.43 bits per heavy atom. The zero-order valence-corrected chi connectivity index (χ0v) is 13.6. The van der Waals surface area contributed by atoms with E-state index in [4.69, 9.17) is 5.26 Å². The first-order valence-corrected chi connectivity index (χ1v) is 8.45. The number of hydrogen-bond acceptors (Lipinski definition) is 3. The van der Waals surface area contributed by atoms with Crippen LogP contribution in [-0.4, -0.2) is 11.2 Å². The summed E-state index contributed by atoms with van der Waals surface area (Å²) in [4.78, 5) is 14.3. The van der Waals surface area contributed by atoms with Gasteiger partial charge < -0.3 is 4.89 Å². The van der Waals surface area contributed by atoms with Crippen molar-refractivity contribution < 1.29 is 14.9 Å². The fourth-order valence-electron chi connectivity index (χ4n) is 2.13. The van der Waals surface area contributed by atoms with Crippen LogP contribution in [0.1, 0.15) is 84.0 Å². The average Bonchev–Trinajstić information content (AvgIpc) is 2.50. The van der Waals surface area contributed by atoms with E-state index in [1.807, 2.05) is 0 Å². The van der Waals surface area contributed by atoms with Crippen molar-refractivity contribution in [2.24, 2.45) is 0 Å². The van der Waals surface area contributed by atoms with Crippen molar-refractivity contribution >= 4 is 5.97 Å². The molecule has 0 rings (SSSR count). The van der Waals surface area contributed by atoms with Crippen molar-refractivity contribution in [3.05, 3.63) is 24.3 Å². The van der Waals surface area contributed by atoms with E-state index in [2.05, 4.69) is 36.1 Å². The lowest BCUT2D eigenvalue weighted by molar-refractivity contribution is -0.234. The highest BCUT2D eigenvalue weighted by Crippen LogP contribution is 2.08. The fourth-order valence-corrected chi connectivity index (χ4v) is 2.13. The number of rotatable bonds is 14. The Hall–Kier alpha value is -1.09. The average molecular weight is 296 g/mol. The molecular weight excluding hydrogens is 264 g/mol. The minimum Gasteiger partial charge on any atom is -0.301 e. The first-order valence-electron chi connectivity index (χ1n) is 8.45. The van der Waals surface area contributed by atoms with Gasteiger partial charge in [0.05, 0.1) is 0 Å². The van der Waals surface area contributed by atoms with Crippen LogP contribution in [-0.2, 0) is 9.68 Å². The van der Waals surface area contributed by atoms with Crippen LogP contribution in [0.4, 0.5) is 0 Å². The van der Waals surface area contributed by atoms with Crippen molar-refractivity contribution in [1.82, 2.24) is 0 Å². The molecule has 0 aliphatic heterocycles. The zero-order chi connectivity index (χ0) is 15.6. The number of hydrogen-bond donors (Lipinski definition) is 1. The van der Waals surface area contributed by atoms with Crippen molar-refractivity contribution in [3.8, 4) is 0 Å². The van der Waals surface area contributed by atoms with Gasteiger partial charge >= 0.3 is 5.97 Å². The summed E-state index contributed by atoms with van der Waals surface area (Å²) in [5.74, 6) is -0.527. The molecule has 3 nitrogen and oxygen atoms in total. The maximum atomic E-state index is 10.7. The van der Waals surface area contributed by atoms with Crippen LogP contribution >= 0.6 is 0 Å². The molecule has 0 amide bonds. The summed E-state index contributed by atoms with van der Waals surface area (Å²) < 4.78 is 0. The Bertz CT molecular complexity index is 282. The molecule has 0 radical (unpaired) electrons. The largest absolute Gasteiger partial charge is 0.342 e. The predicted molar refractivity (Wildman–Crippen MR) is 88.1 cm³/mol. The fraction of sp³-hybridized carbons (Fsp3) is 0.722. The van der Waals surface area contributed by atoms with Crippen LogP contribution in [0.5, 0.6) is 0 Å². The highest BCUT2D eigenvalue weighted by Gasteiger charge is 2.00. The summed E-state index contributed by atoms with van der Waals surface area (Å²) in [5, 5.41) is 8.09. The third kappa shape index (κ3) is 16.9. The van der Waals surface area contributed by atoms with Gasteiger partial charge in [-0.2, -0.15) is 5.26 Å². The first kappa shape index (κ1) is 19.9. The second kappa shape index (κ2) is 17.0. The van der Waals surface area contributed by atoms with Gasteiger partial charge in [-0.05, 0) is 38.5 Å². The van der Waals surface area contributed by atoms with Crippen LogP contribution in [0.15, 0.2) is 24.3 Å². The molecule has 0 aliphatic carbocycles. The summed E-state index contributed by atoms with van der Waals surface area (Å²) in [6, 6.07) is 0. The van der Waals surface area contributed by atoms with Crippen molar-refractivity contribution in [2.45, 2.75) is 84.0 Å². The van der Waals surface area contributed by atoms with Crippen molar-refractivity contribution in [3.63, 3.8) is 0 Å². The van der Waals surface area contributed by atoms with Crippen molar-refractivity contribution in [1.29, 1.82) is 0 Å². The Labute approximate surface area is 130 Å². The smallest absolute Gasteiger partial charge is 0.301 e. The van der Waals surface area contributed by atoms with E-state index in [0.717, 1.165) is 32.1 Å². The number of carbonyl (C=O) groups excluding carboxylic acids is 1. The summed E-state index contributed by atoms with van der Waals surface area (Å²) >= 11 is 0. The Morgan fingerprint density at radius 1 is 0.857 bits per heavy atom. The summed E-state index contributed by atoms with van der Waals surface area (Å²) in [5.41, 5.74) is 0. The minimum absolute atomic E-state index is 0.320. The molecule has 0 fully saturated rings. The van der Waals surface area contributed by atoms with Gasteiger partial charge in [0.25, 0.3) is 0 Å². The molecule has 0 spiro atoms. The number of allylic oxidation sites excluding steroid dienone is 4. The standard InChI is InChI=1S/C18H32O3/c1-2-3-4-5-6-7-8-9-10-11-12-13-14-15-16-17-18(19)21-20/h6-7,9-10,20H,2-5,8,11-17H2,1H3/b7-6+,10-9+. The molecule has 0 heterocycles. The van der Waals surface area contributed by atoms with Gasteiger partial charge in [0, 0.05) is 6.42 Å². The van der Waals surface area contributed by atoms with Crippen LogP contribution < -0.4 is 0 Å². The highest BCUT2D eigenvalue weighted by atomic mass is 17.1. The summed E-state index contributed by atoms with van der Waals surface area (Å²) in [7, 11) is 0. The number of unbranched alkanes of at least 4 members (excludes halogenated alkanes) is 8. The topological polar surface area (TPSA) is 46.5 Å². The minimum atomic E-state index is -0.527.